The second-order valence-corrected chi connectivity index (χ2v) is 5.79. The van der Waals surface area contributed by atoms with Crippen LogP contribution in [0.25, 0.3) is 0 Å². The molecule has 1 aliphatic heterocycles. The first-order valence-corrected chi connectivity index (χ1v) is 8.22. The number of β-amino-alcohol motifs (C(OH)–C–C–N with tert-alkyl or cyclic N) is 1. The Balaban J connectivity index is 1.95. The van der Waals surface area contributed by atoms with Crippen molar-refractivity contribution in [1.82, 2.24) is 14.7 Å². The minimum atomic E-state index is -0.580. The number of rotatable bonds is 6. The van der Waals surface area contributed by atoms with E-state index in [2.05, 4.69) is 4.90 Å². The normalized spacial score (nSPS) is 15.3. The van der Waals surface area contributed by atoms with E-state index in [-0.39, 0.29) is 19.8 Å². The molecule has 1 saturated heterocycles. The van der Waals surface area contributed by atoms with Crippen LogP contribution in [0.4, 0.5) is 0 Å². The summed E-state index contributed by atoms with van der Waals surface area (Å²) in [7, 11) is 0. The van der Waals surface area contributed by atoms with E-state index in [0.717, 1.165) is 5.56 Å². The molecule has 2 amide bonds. The molecule has 1 aromatic carbocycles. The maximum absolute atomic E-state index is 12.5. The molecular formula is C17H25N3O4. The Morgan fingerprint density at radius 3 is 2.25 bits per heavy atom. The van der Waals surface area contributed by atoms with E-state index >= 15 is 0 Å². The lowest BCUT2D eigenvalue weighted by Gasteiger charge is -2.35. The number of piperazine rings is 1. The summed E-state index contributed by atoms with van der Waals surface area (Å²) < 4.78 is 0. The Labute approximate surface area is 142 Å². The second-order valence-electron chi connectivity index (χ2n) is 5.79. The fourth-order valence-corrected chi connectivity index (χ4v) is 2.76. The Morgan fingerprint density at radius 1 is 1.00 bits per heavy atom. The van der Waals surface area contributed by atoms with E-state index in [1.54, 1.807) is 4.90 Å². The lowest BCUT2D eigenvalue weighted by atomic mass is 10.2. The number of aliphatic hydroxyl groups is 2. The molecule has 0 bridgehead atoms. The van der Waals surface area contributed by atoms with Gasteiger partial charge in [0.2, 0.25) is 0 Å². The second kappa shape index (κ2) is 9.36. The minimum absolute atomic E-state index is 0.0915. The summed E-state index contributed by atoms with van der Waals surface area (Å²) in [5.41, 5.74) is 0.917. The van der Waals surface area contributed by atoms with Gasteiger partial charge in [0.1, 0.15) is 0 Å². The highest BCUT2D eigenvalue weighted by Crippen LogP contribution is 2.08. The van der Waals surface area contributed by atoms with Crippen molar-refractivity contribution in [2.45, 2.75) is 6.54 Å². The molecule has 2 N–H and O–H groups in total. The smallest absolute Gasteiger partial charge is 0.312 e. The van der Waals surface area contributed by atoms with E-state index in [1.807, 2.05) is 30.3 Å². The average molecular weight is 335 g/mol. The molecule has 0 aromatic heterocycles. The average Bonchev–Trinajstić information content (AvgIpc) is 2.62. The van der Waals surface area contributed by atoms with Crippen LogP contribution in [0.15, 0.2) is 30.3 Å². The van der Waals surface area contributed by atoms with Gasteiger partial charge in [0.25, 0.3) is 0 Å². The Kier molecular flexibility index (Phi) is 7.17. The molecule has 0 radical (unpaired) electrons. The van der Waals surface area contributed by atoms with Crippen LogP contribution < -0.4 is 0 Å². The van der Waals surface area contributed by atoms with Gasteiger partial charge in [-0.1, -0.05) is 30.3 Å². The van der Waals surface area contributed by atoms with Gasteiger partial charge in [0.15, 0.2) is 0 Å². The number of nitrogens with zero attached hydrogens (tertiary/aromatic N) is 3. The molecule has 132 valence electrons. The summed E-state index contributed by atoms with van der Waals surface area (Å²) in [6, 6.07) is 9.41. The van der Waals surface area contributed by atoms with Crippen LogP contribution in [0, 0.1) is 0 Å². The van der Waals surface area contributed by atoms with Crippen LogP contribution in [0.1, 0.15) is 5.56 Å². The summed E-state index contributed by atoms with van der Waals surface area (Å²) in [5.74, 6) is -1.11. The highest BCUT2D eigenvalue weighted by atomic mass is 16.3. The van der Waals surface area contributed by atoms with Gasteiger partial charge in [0.05, 0.1) is 13.2 Å². The van der Waals surface area contributed by atoms with E-state index in [1.165, 1.54) is 4.90 Å². The third-order valence-corrected chi connectivity index (χ3v) is 4.13. The van der Waals surface area contributed by atoms with Gasteiger partial charge in [-0.05, 0) is 5.56 Å². The maximum Gasteiger partial charge on any atom is 0.312 e. The predicted molar refractivity (Wildman–Crippen MR) is 89.1 cm³/mol. The maximum atomic E-state index is 12.5. The van der Waals surface area contributed by atoms with Gasteiger partial charge in [-0.3, -0.25) is 14.5 Å². The van der Waals surface area contributed by atoms with Crippen LogP contribution in [0.5, 0.6) is 0 Å². The summed E-state index contributed by atoms with van der Waals surface area (Å²) in [6.45, 7) is 3.17. The van der Waals surface area contributed by atoms with E-state index in [4.69, 9.17) is 5.11 Å². The van der Waals surface area contributed by atoms with Gasteiger partial charge in [-0.2, -0.15) is 0 Å². The molecule has 7 heteroatoms. The molecular weight excluding hydrogens is 310 g/mol. The number of hydrogen-bond donors (Lipinski definition) is 2. The Morgan fingerprint density at radius 2 is 1.67 bits per heavy atom. The van der Waals surface area contributed by atoms with Crippen LogP contribution >= 0.6 is 0 Å². The lowest BCUT2D eigenvalue weighted by molar-refractivity contribution is -0.153. The fraction of sp³-hybridized carbons (Fsp3) is 0.529. The van der Waals surface area contributed by atoms with Crippen LogP contribution in [0.3, 0.4) is 0 Å². The molecule has 24 heavy (non-hydrogen) atoms. The molecule has 1 fully saturated rings. The molecule has 1 aliphatic rings. The van der Waals surface area contributed by atoms with Crippen LogP contribution in [-0.2, 0) is 16.1 Å². The van der Waals surface area contributed by atoms with E-state index < -0.39 is 11.8 Å². The number of aliphatic hydroxyl groups excluding tert-OH is 2. The van der Waals surface area contributed by atoms with Crippen molar-refractivity contribution in [3.8, 4) is 0 Å². The first-order valence-electron chi connectivity index (χ1n) is 8.22. The fourth-order valence-electron chi connectivity index (χ4n) is 2.76. The Bertz CT molecular complexity index is 530. The molecule has 0 saturated carbocycles. The third kappa shape index (κ3) is 5.02. The van der Waals surface area contributed by atoms with Crippen molar-refractivity contribution in [2.24, 2.45) is 0 Å². The molecule has 1 heterocycles. The molecule has 1 aromatic rings. The zero-order valence-corrected chi connectivity index (χ0v) is 13.8. The molecule has 0 atom stereocenters. The van der Waals surface area contributed by atoms with Crippen molar-refractivity contribution in [3.05, 3.63) is 35.9 Å². The molecule has 0 aliphatic carbocycles. The van der Waals surface area contributed by atoms with Gasteiger partial charge in [-0.15, -0.1) is 0 Å². The molecule has 0 unspecified atom stereocenters. The standard InChI is InChI=1S/C17H25N3O4/c21-12-10-18-6-8-19(9-7-18)16(23)17(24)20(11-13-22)14-15-4-2-1-3-5-15/h1-5,21-22H,6-14H2. The number of benzene rings is 1. The van der Waals surface area contributed by atoms with Crippen LogP contribution in [-0.4, -0.2) is 89.2 Å². The molecule has 2 rings (SSSR count). The number of carbonyl (C=O) groups excluding carboxylic acids is 2. The molecule has 7 nitrogen and oxygen atoms in total. The largest absolute Gasteiger partial charge is 0.395 e. The summed E-state index contributed by atoms with van der Waals surface area (Å²) in [5, 5.41) is 18.1. The van der Waals surface area contributed by atoms with Crippen molar-refractivity contribution in [2.75, 3.05) is 52.5 Å². The number of amides is 2. The summed E-state index contributed by atoms with van der Waals surface area (Å²) >= 11 is 0. The van der Waals surface area contributed by atoms with Gasteiger partial charge >= 0.3 is 11.8 Å². The zero-order valence-electron chi connectivity index (χ0n) is 13.8. The topological polar surface area (TPSA) is 84.3 Å². The highest BCUT2D eigenvalue weighted by molar-refractivity contribution is 6.34. The minimum Gasteiger partial charge on any atom is -0.395 e. The van der Waals surface area contributed by atoms with Gasteiger partial charge in [-0.25, -0.2) is 0 Å². The first kappa shape index (κ1) is 18.4. The van der Waals surface area contributed by atoms with Gasteiger partial charge < -0.3 is 20.0 Å². The molecule has 0 spiro atoms. The summed E-state index contributed by atoms with van der Waals surface area (Å²) in [4.78, 5) is 30.0. The first-order chi connectivity index (χ1) is 11.7. The van der Waals surface area contributed by atoms with Crippen molar-refractivity contribution < 1.29 is 19.8 Å². The zero-order chi connectivity index (χ0) is 17.4. The van der Waals surface area contributed by atoms with Crippen molar-refractivity contribution in [3.63, 3.8) is 0 Å². The lowest BCUT2D eigenvalue weighted by Crippen LogP contribution is -2.53. The highest BCUT2D eigenvalue weighted by Gasteiger charge is 2.29. The predicted octanol–water partition coefficient (Wildman–Crippen LogP) is -0.856. The van der Waals surface area contributed by atoms with E-state index in [0.29, 0.717) is 39.3 Å². The third-order valence-electron chi connectivity index (χ3n) is 4.13. The van der Waals surface area contributed by atoms with Crippen LogP contribution in [0.2, 0.25) is 0 Å². The van der Waals surface area contributed by atoms with Crippen molar-refractivity contribution in [1.29, 1.82) is 0 Å². The number of carbonyl (C=O) groups is 2. The monoisotopic (exact) mass is 335 g/mol. The Hall–Kier alpha value is -1.96. The van der Waals surface area contributed by atoms with E-state index in [9.17, 15) is 14.7 Å². The number of hydrogen-bond acceptors (Lipinski definition) is 5. The summed E-state index contributed by atoms with van der Waals surface area (Å²) in [6.07, 6.45) is 0. The van der Waals surface area contributed by atoms with Gasteiger partial charge in [0, 0.05) is 45.8 Å². The van der Waals surface area contributed by atoms with Crippen molar-refractivity contribution >= 4 is 11.8 Å². The quantitative estimate of drug-likeness (QED) is 0.661. The SMILES string of the molecule is O=C(C(=O)N(CCO)Cc1ccccc1)N1CCN(CCO)CC1.